The van der Waals surface area contributed by atoms with Crippen molar-refractivity contribution < 1.29 is 18.3 Å². The minimum atomic E-state index is -2.60. The number of ether oxygens (including phenoxy) is 1. The van der Waals surface area contributed by atoms with Crippen molar-refractivity contribution in [2.75, 3.05) is 44.2 Å². The van der Waals surface area contributed by atoms with Crippen molar-refractivity contribution in [3.63, 3.8) is 0 Å². The van der Waals surface area contributed by atoms with Crippen molar-refractivity contribution >= 4 is 35.2 Å². The van der Waals surface area contributed by atoms with Gasteiger partial charge in [0.25, 0.3) is 11.8 Å². The first kappa shape index (κ1) is 26.1. The van der Waals surface area contributed by atoms with Crippen LogP contribution >= 0.6 is 12.4 Å². The van der Waals surface area contributed by atoms with Crippen LogP contribution in [0.4, 0.5) is 14.6 Å². The van der Waals surface area contributed by atoms with Crippen LogP contribution in [0.2, 0.25) is 0 Å². The minimum Gasteiger partial charge on any atom is -0.492 e. The average Bonchev–Trinajstić information content (AvgIpc) is 3.41. The molecular formula is C25H31ClF2N6O2. The molecule has 2 fully saturated rings. The maximum atomic E-state index is 13.3. The number of nitrogens with zero attached hydrogens (tertiary/aromatic N) is 4. The summed E-state index contributed by atoms with van der Waals surface area (Å²) in [4.78, 5) is 28.8. The van der Waals surface area contributed by atoms with E-state index in [0.29, 0.717) is 31.0 Å². The SMILES string of the molecule is Cc1c[nH]c2ncnc(N3CCC(NC(=O)c4cccc(OCCN5CCC(F)(F)C5)c4)CC3)c12.Cl. The number of carbonyl (C=O) groups is 1. The van der Waals surface area contributed by atoms with E-state index in [1.165, 1.54) is 0 Å². The lowest BCUT2D eigenvalue weighted by molar-refractivity contribution is 0.0112. The van der Waals surface area contributed by atoms with Gasteiger partial charge in [0.05, 0.1) is 11.9 Å². The van der Waals surface area contributed by atoms with Crippen molar-refractivity contribution in [3.8, 4) is 5.75 Å². The molecule has 0 atom stereocenters. The summed E-state index contributed by atoms with van der Waals surface area (Å²) in [7, 11) is 0. The number of hydrogen-bond acceptors (Lipinski definition) is 6. The number of halogens is 3. The Labute approximate surface area is 214 Å². The van der Waals surface area contributed by atoms with Crippen LogP contribution in [-0.4, -0.2) is 77.1 Å². The van der Waals surface area contributed by atoms with E-state index in [2.05, 4.69) is 25.2 Å². The summed E-state index contributed by atoms with van der Waals surface area (Å²) in [5, 5.41) is 4.18. The number of aromatic nitrogens is 3. The average molecular weight is 521 g/mol. The molecule has 1 amide bonds. The van der Waals surface area contributed by atoms with Gasteiger partial charge in [0, 0.05) is 50.4 Å². The van der Waals surface area contributed by atoms with E-state index >= 15 is 0 Å². The van der Waals surface area contributed by atoms with E-state index in [9.17, 15) is 13.6 Å². The lowest BCUT2D eigenvalue weighted by atomic mass is 10.0. The molecule has 0 bridgehead atoms. The van der Waals surface area contributed by atoms with Gasteiger partial charge in [-0.15, -0.1) is 12.4 Å². The van der Waals surface area contributed by atoms with Crippen LogP contribution in [0.5, 0.6) is 5.75 Å². The summed E-state index contributed by atoms with van der Waals surface area (Å²) in [6.07, 6.45) is 5.06. The normalized spacial score (nSPS) is 18.2. The maximum Gasteiger partial charge on any atom is 0.261 e. The highest BCUT2D eigenvalue weighted by atomic mass is 35.5. The Hall–Kier alpha value is -2.98. The van der Waals surface area contributed by atoms with Crippen LogP contribution in [0.15, 0.2) is 36.8 Å². The van der Waals surface area contributed by atoms with Crippen LogP contribution in [0.25, 0.3) is 11.0 Å². The van der Waals surface area contributed by atoms with Crippen LogP contribution in [0.3, 0.4) is 0 Å². The Balaban J connectivity index is 0.00000304. The molecule has 0 aliphatic carbocycles. The highest BCUT2D eigenvalue weighted by Gasteiger charge is 2.37. The summed E-state index contributed by atoms with van der Waals surface area (Å²) >= 11 is 0. The monoisotopic (exact) mass is 520 g/mol. The number of likely N-dealkylation sites (tertiary alicyclic amines) is 1. The molecule has 0 radical (unpaired) electrons. The van der Waals surface area contributed by atoms with Gasteiger partial charge in [0.15, 0.2) is 0 Å². The van der Waals surface area contributed by atoms with Gasteiger partial charge in [0.1, 0.15) is 30.1 Å². The summed E-state index contributed by atoms with van der Waals surface area (Å²) < 4.78 is 32.4. The highest BCUT2D eigenvalue weighted by molar-refractivity contribution is 5.95. The lowest BCUT2D eigenvalue weighted by Gasteiger charge is -2.33. The molecule has 1 aromatic carbocycles. The number of anilines is 1. The van der Waals surface area contributed by atoms with Crippen molar-refractivity contribution in [2.24, 2.45) is 0 Å². The molecule has 11 heteroatoms. The van der Waals surface area contributed by atoms with E-state index in [4.69, 9.17) is 4.74 Å². The van der Waals surface area contributed by atoms with Crippen molar-refractivity contribution in [1.82, 2.24) is 25.2 Å². The number of carbonyl (C=O) groups excluding carboxylic acids is 1. The quantitative estimate of drug-likeness (QED) is 0.493. The molecule has 8 nitrogen and oxygen atoms in total. The number of hydrogen-bond donors (Lipinski definition) is 2. The highest BCUT2D eigenvalue weighted by Crippen LogP contribution is 2.28. The van der Waals surface area contributed by atoms with Crippen LogP contribution in [0, 0.1) is 6.92 Å². The number of alkyl halides is 2. The molecule has 0 spiro atoms. The first-order chi connectivity index (χ1) is 16.9. The molecule has 2 aliphatic rings. The van der Waals surface area contributed by atoms with Gasteiger partial charge in [0.2, 0.25) is 0 Å². The van der Waals surface area contributed by atoms with Gasteiger partial charge in [-0.1, -0.05) is 6.07 Å². The Morgan fingerprint density at radius 2 is 2.06 bits per heavy atom. The molecule has 3 aromatic rings. The second kappa shape index (κ2) is 11.0. The largest absolute Gasteiger partial charge is 0.492 e. The number of H-pyrrole nitrogens is 1. The zero-order valence-corrected chi connectivity index (χ0v) is 21.0. The molecule has 2 aromatic heterocycles. The number of piperidine rings is 1. The van der Waals surface area contributed by atoms with Crippen LogP contribution < -0.4 is 15.0 Å². The van der Waals surface area contributed by atoms with E-state index in [1.54, 1.807) is 35.5 Å². The lowest BCUT2D eigenvalue weighted by Crippen LogP contribution is -2.45. The van der Waals surface area contributed by atoms with Gasteiger partial charge in [-0.2, -0.15) is 0 Å². The third-order valence-electron chi connectivity index (χ3n) is 6.80. The zero-order chi connectivity index (χ0) is 24.4. The number of rotatable bonds is 7. The topological polar surface area (TPSA) is 86.4 Å². The number of benzene rings is 1. The molecule has 0 unspecified atom stereocenters. The summed E-state index contributed by atoms with van der Waals surface area (Å²) in [5.74, 6) is -1.25. The van der Waals surface area contributed by atoms with E-state index in [1.807, 2.05) is 13.1 Å². The van der Waals surface area contributed by atoms with Crippen molar-refractivity contribution in [2.45, 2.75) is 38.2 Å². The first-order valence-electron chi connectivity index (χ1n) is 12.1. The second-order valence-electron chi connectivity index (χ2n) is 9.39. The van der Waals surface area contributed by atoms with Gasteiger partial charge in [-0.25, -0.2) is 18.7 Å². The zero-order valence-electron chi connectivity index (χ0n) is 20.2. The fourth-order valence-electron chi connectivity index (χ4n) is 4.86. The number of nitrogens with one attached hydrogen (secondary N) is 2. The van der Waals surface area contributed by atoms with Crippen molar-refractivity contribution in [3.05, 3.63) is 47.9 Å². The van der Waals surface area contributed by atoms with E-state index < -0.39 is 5.92 Å². The van der Waals surface area contributed by atoms with Gasteiger partial charge in [-0.3, -0.25) is 9.69 Å². The van der Waals surface area contributed by atoms with E-state index in [-0.39, 0.29) is 37.3 Å². The minimum absolute atomic E-state index is 0. The summed E-state index contributed by atoms with van der Waals surface area (Å²) in [6.45, 7) is 4.53. The number of amides is 1. The standard InChI is InChI=1S/C25H30F2N6O2.ClH/c1-17-14-28-22-21(17)23(30-16-29-22)33-8-5-19(6-9-33)31-24(34)18-3-2-4-20(13-18)35-12-11-32-10-7-25(26,27)15-32;/h2-4,13-14,16,19H,5-12,15H2,1H3,(H,31,34)(H,28,29,30);1H. The third-order valence-corrected chi connectivity index (χ3v) is 6.80. The van der Waals surface area contributed by atoms with Crippen molar-refractivity contribution in [1.29, 1.82) is 0 Å². The first-order valence-corrected chi connectivity index (χ1v) is 12.1. The maximum absolute atomic E-state index is 13.3. The van der Waals surface area contributed by atoms with Gasteiger partial charge in [-0.05, 0) is 43.5 Å². The number of aryl methyl sites for hydroxylation is 1. The third kappa shape index (κ3) is 5.87. The molecule has 2 aliphatic heterocycles. The Morgan fingerprint density at radius 3 is 2.81 bits per heavy atom. The molecular weight excluding hydrogens is 490 g/mol. The van der Waals surface area contributed by atoms with Gasteiger partial charge >= 0.3 is 0 Å². The van der Waals surface area contributed by atoms with Gasteiger partial charge < -0.3 is 19.9 Å². The molecule has 2 N–H and O–H groups in total. The summed E-state index contributed by atoms with van der Waals surface area (Å²) in [5.41, 5.74) is 2.48. The predicted octanol–water partition coefficient (Wildman–Crippen LogP) is 3.81. The molecule has 36 heavy (non-hydrogen) atoms. The van der Waals surface area contributed by atoms with Crippen LogP contribution in [0.1, 0.15) is 35.2 Å². The molecule has 2 saturated heterocycles. The predicted molar refractivity (Wildman–Crippen MR) is 137 cm³/mol. The molecule has 194 valence electrons. The Bertz CT molecular complexity index is 1200. The van der Waals surface area contributed by atoms with E-state index in [0.717, 1.165) is 48.3 Å². The summed E-state index contributed by atoms with van der Waals surface area (Å²) in [6, 6.07) is 7.08. The van der Waals surface area contributed by atoms with Crippen LogP contribution in [-0.2, 0) is 0 Å². The Morgan fingerprint density at radius 1 is 1.25 bits per heavy atom. The second-order valence-corrected chi connectivity index (χ2v) is 9.39. The fraction of sp³-hybridized carbons (Fsp3) is 0.480. The number of aromatic amines is 1. The smallest absolute Gasteiger partial charge is 0.261 e. The molecule has 5 rings (SSSR count). The number of fused-ring (bicyclic) bond motifs is 1. The fourth-order valence-corrected chi connectivity index (χ4v) is 4.86. The molecule has 0 saturated carbocycles. The Kier molecular flexibility index (Phi) is 7.94. The molecule has 4 heterocycles.